The number of piperidine rings is 1. The number of thiophene rings is 1. The molecule has 1 aromatic carbocycles. The maximum Gasteiger partial charge on any atom is 0.265 e. The molecule has 2 aliphatic rings. The molecule has 43 heavy (non-hydrogen) atoms. The number of Topliss-reactive ketones (excluding diaryl/α,β-unsaturated/α-hetero) is 1. The molecule has 3 aromatic heterocycles. The largest absolute Gasteiger partial charge is 0.338 e. The van der Waals surface area contributed by atoms with Crippen molar-refractivity contribution in [2.45, 2.75) is 51.9 Å². The van der Waals surface area contributed by atoms with Crippen LogP contribution in [0.3, 0.4) is 0 Å². The van der Waals surface area contributed by atoms with Crippen LogP contribution in [0, 0.1) is 6.92 Å². The molecular formula is C34H34N4O4S. The zero-order valence-electron chi connectivity index (χ0n) is 24.4. The monoisotopic (exact) mass is 594 g/mol. The number of rotatable bonds is 6. The van der Waals surface area contributed by atoms with Crippen molar-refractivity contribution in [2.75, 3.05) is 18.4 Å². The molecule has 1 N–H and O–H groups in total. The molecule has 1 aliphatic heterocycles. The summed E-state index contributed by atoms with van der Waals surface area (Å²) in [5, 5.41) is 3.11. The Morgan fingerprint density at radius 2 is 1.79 bits per heavy atom. The van der Waals surface area contributed by atoms with Crippen LogP contribution in [0.5, 0.6) is 0 Å². The number of likely N-dealkylation sites (tertiary alicyclic amines) is 1. The van der Waals surface area contributed by atoms with Gasteiger partial charge < -0.3 is 14.8 Å². The fourth-order valence-electron chi connectivity index (χ4n) is 5.92. The van der Waals surface area contributed by atoms with E-state index in [9.17, 15) is 19.2 Å². The Morgan fingerprint density at radius 1 is 1.00 bits per heavy atom. The van der Waals surface area contributed by atoms with Gasteiger partial charge in [-0.05, 0) is 85.2 Å². The number of nitrogens with one attached hydrogen (secondary N) is 1. The summed E-state index contributed by atoms with van der Waals surface area (Å²) < 4.78 is 1.57. The number of fused-ring (bicyclic) bond motifs is 1. The van der Waals surface area contributed by atoms with Crippen molar-refractivity contribution in [1.29, 1.82) is 0 Å². The van der Waals surface area contributed by atoms with Gasteiger partial charge in [-0.15, -0.1) is 11.3 Å². The second-order valence-electron chi connectivity index (χ2n) is 11.4. The number of hydrogen-bond acceptors (Lipinski definition) is 6. The van der Waals surface area contributed by atoms with Gasteiger partial charge in [-0.3, -0.25) is 24.2 Å². The van der Waals surface area contributed by atoms with Crippen molar-refractivity contribution in [3.63, 3.8) is 0 Å². The molecule has 4 aromatic rings. The van der Waals surface area contributed by atoms with Crippen LogP contribution in [0.4, 0.5) is 5.69 Å². The van der Waals surface area contributed by atoms with Crippen molar-refractivity contribution < 1.29 is 14.4 Å². The van der Waals surface area contributed by atoms with Crippen molar-refractivity contribution in [3.8, 4) is 11.1 Å². The molecule has 0 unspecified atom stereocenters. The molecule has 0 bridgehead atoms. The first kappa shape index (κ1) is 28.7. The number of ketones is 1. The highest BCUT2D eigenvalue weighted by Crippen LogP contribution is 2.32. The highest BCUT2D eigenvalue weighted by molar-refractivity contribution is 7.14. The average Bonchev–Trinajstić information content (AvgIpc) is 3.46. The topological polar surface area (TPSA) is 101 Å². The molecular weight excluding hydrogens is 560 g/mol. The summed E-state index contributed by atoms with van der Waals surface area (Å²) in [5.41, 5.74) is 6.36. The molecule has 8 nitrogen and oxygen atoms in total. The summed E-state index contributed by atoms with van der Waals surface area (Å²) in [5.74, 6) is -0.0439. The van der Waals surface area contributed by atoms with Crippen LogP contribution in [0.2, 0.25) is 0 Å². The first-order chi connectivity index (χ1) is 20.8. The van der Waals surface area contributed by atoms with Crippen LogP contribution in [-0.4, -0.2) is 45.1 Å². The molecule has 2 amide bonds. The number of pyridine rings is 2. The molecule has 0 radical (unpaired) electrons. The van der Waals surface area contributed by atoms with E-state index in [0.29, 0.717) is 49.2 Å². The molecule has 0 spiro atoms. The molecule has 6 rings (SSSR count). The van der Waals surface area contributed by atoms with Crippen molar-refractivity contribution in [2.24, 2.45) is 7.05 Å². The molecule has 1 saturated heterocycles. The summed E-state index contributed by atoms with van der Waals surface area (Å²) in [6.45, 7) is 2.84. The third-order valence-corrected chi connectivity index (χ3v) is 9.66. The van der Waals surface area contributed by atoms with E-state index in [1.54, 1.807) is 46.2 Å². The highest BCUT2D eigenvalue weighted by Gasteiger charge is 2.22. The molecule has 1 aliphatic carbocycles. The molecule has 220 valence electrons. The predicted molar refractivity (Wildman–Crippen MR) is 168 cm³/mol. The van der Waals surface area contributed by atoms with Crippen molar-refractivity contribution in [1.82, 2.24) is 14.5 Å². The van der Waals surface area contributed by atoms with Gasteiger partial charge in [-0.2, -0.15) is 0 Å². The fraction of sp³-hybridized carbons (Fsp3) is 0.324. The quantitative estimate of drug-likeness (QED) is 0.325. The summed E-state index contributed by atoms with van der Waals surface area (Å²) in [7, 11) is 1.73. The minimum Gasteiger partial charge on any atom is -0.338 e. The highest BCUT2D eigenvalue weighted by atomic mass is 32.1. The van der Waals surface area contributed by atoms with Gasteiger partial charge in [-0.1, -0.05) is 12.1 Å². The number of aromatic nitrogens is 2. The molecule has 1 fully saturated rings. The molecule has 9 heteroatoms. The molecule has 0 atom stereocenters. The fourth-order valence-corrected chi connectivity index (χ4v) is 7.07. The third-order valence-electron chi connectivity index (χ3n) is 8.42. The van der Waals surface area contributed by atoms with Gasteiger partial charge in [0.15, 0.2) is 0 Å². The van der Waals surface area contributed by atoms with E-state index in [-0.39, 0.29) is 23.2 Å². The van der Waals surface area contributed by atoms with Crippen LogP contribution >= 0.6 is 11.3 Å². The maximum atomic E-state index is 13.2. The first-order valence-electron chi connectivity index (χ1n) is 14.7. The second kappa shape index (κ2) is 12.1. The lowest BCUT2D eigenvalue weighted by atomic mass is 9.98. The molecule has 4 heterocycles. The summed E-state index contributed by atoms with van der Waals surface area (Å²) in [6, 6.07) is 13.2. The predicted octanol–water partition coefficient (Wildman–Crippen LogP) is 5.34. The van der Waals surface area contributed by atoms with E-state index in [4.69, 9.17) is 0 Å². The first-order valence-corrected chi connectivity index (χ1v) is 15.6. The average molecular weight is 595 g/mol. The second-order valence-corrected chi connectivity index (χ2v) is 12.6. The summed E-state index contributed by atoms with van der Waals surface area (Å²) in [6.07, 6.45) is 8.90. The number of hydrogen-bond donors (Lipinski definition) is 1. The van der Waals surface area contributed by atoms with E-state index >= 15 is 0 Å². The van der Waals surface area contributed by atoms with Crippen molar-refractivity contribution >= 4 is 34.6 Å². The number of carbonyl (C=O) groups is 3. The van der Waals surface area contributed by atoms with E-state index in [0.717, 1.165) is 40.1 Å². The van der Waals surface area contributed by atoms with E-state index in [1.165, 1.54) is 23.3 Å². The Labute approximate surface area is 254 Å². The minimum atomic E-state index is -0.134. The van der Waals surface area contributed by atoms with E-state index < -0.39 is 0 Å². The third kappa shape index (κ3) is 6.08. The number of amides is 2. The van der Waals surface area contributed by atoms with Gasteiger partial charge in [0.05, 0.1) is 10.4 Å². The maximum absolute atomic E-state index is 13.2. The smallest absolute Gasteiger partial charge is 0.265 e. The number of carbonyl (C=O) groups excluding carboxylic acids is 3. The minimum absolute atomic E-state index is 0.0948. The number of aryl methyl sites for hydroxylation is 3. The lowest BCUT2D eigenvalue weighted by molar-refractivity contribution is -0.120. The Kier molecular flexibility index (Phi) is 8.08. The van der Waals surface area contributed by atoms with Gasteiger partial charge in [0, 0.05) is 73.6 Å². The lowest BCUT2D eigenvalue weighted by Gasteiger charge is -2.25. The Bertz CT molecular complexity index is 1750. The van der Waals surface area contributed by atoms with Crippen LogP contribution in [0.15, 0.2) is 59.7 Å². The Hall–Kier alpha value is -4.37. The standard InChI is InChI=1S/C34H34N4O4S/c1-21-28(7-5-8-29(21)36-32(40)31-18-22-6-3-4-9-30(22)43-31)25-16-24(33(41)37(2)20-25)17-26-11-10-23(19-35-26)34(42)38-14-12-27(39)13-15-38/h5,7-8,10-11,16,18-20H,3-4,6,9,12-15,17H2,1-2H3,(H,36,40). The number of anilines is 1. The van der Waals surface area contributed by atoms with E-state index in [1.807, 2.05) is 43.5 Å². The van der Waals surface area contributed by atoms with Gasteiger partial charge in [0.25, 0.3) is 17.4 Å². The Morgan fingerprint density at radius 3 is 2.53 bits per heavy atom. The normalized spacial score (nSPS) is 14.8. The summed E-state index contributed by atoms with van der Waals surface area (Å²) in [4.78, 5) is 58.8. The zero-order chi connectivity index (χ0) is 30.1. The van der Waals surface area contributed by atoms with Crippen LogP contribution < -0.4 is 10.9 Å². The SMILES string of the molecule is Cc1c(NC(=O)c2cc3c(s2)CCCC3)cccc1-c1cc(Cc2ccc(C(=O)N3CCC(=O)CC3)cn2)c(=O)n(C)c1. The van der Waals surface area contributed by atoms with Gasteiger partial charge >= 0.3 is 0 Å². The number of nitrogens with zero attached hydrogens (tertiary/aromatic N) is 3. The number of benzene rings is 1. The van der Waals surface area contributed by atoms with Crippen LogP contribution in [0.25, 0.3) is 11.1 Å². The summed E-state index contributed by atoms with van der Waals surface area (Å²) >= 11 is 1.60. The lowest BCUT2D eigenvalue weighted by Crippen LogP contribution is -2.38. The van der Waals surface area contributed by atoms with Crippen molar-refractivity contribution in [3.05, 3.63) is 103 Å². The van der Waals surface area contributed by atoms with Gasteiger partial charge in [0.1, 0.15) is 5.78 Å². The van der Waals surface area contributed by atoms with Gasteiger partial charge in [-0.25, -0.2) is 0 Å². The Balaban J connectivity index is 1.21. The van der Waals surface area contributed by atoms with Crippen LogP contribution in [-0.2, 0) is 31.1 Å². The van der Waals surface area contributed by atoms with Gasteiger partial charge in [0.2, 0.25) is 0 Å². The van der Waals surface area contributed by atoms with Crippen LogP contribution in [0.1, 0.15) is 73.0 Å². The van der Waals surface area contributed by atoms with E-state index in [2.05, 4.69) is 10.3 Å². The zero-order valence-corrected chi connectivity index (χ0v) is 25.3. The molecule has 0 saturated carbocycles.